The Morgan fingerprint density at radius 2 is 1.95 bits per heavy atom. The molecule has 1 saturated carbocycles. The zero-order valence-corrected chi connectivity index (χ0v) is 12.6. The molecule has 2 atom stereocenters. The molecule has 0 saturated heterocycles. The number of carbonyl (C=O) groups is 2. The van der Waals surface area contributed by atoms with Crippen molar-refractivity contribution >= 4 is 12.0 Å². The molecule has 2 unspecified atom stereocenters. The third-order valence-electron chi connectivity index (χ3n) is 3.61. The van der Waals surface area contributed by atoms with Crippen molar-refractivity contribution in [3.63, 3.8) is 0 Å². The second-order valence-corrected chi connectivity index (χ2v) is 5.86. The zero-order valence-electron chi connectivity index (χ0n) is 12.6. The Morgan fingerprint density at radius 1 is 1.30 bits per heavy atom. The van der Waals surface area contributed by atoms with Gasteiger partial charge >= 0.3 is 12.0 Å². The minimum atomic E-state index is -0.829. The Balaban J connectivity index is 2.42. The van der Waals surface area contributed by atoms with Crippen LogP contribution in [0.3, 0.4) is 0 Å². The zero-order chi connectivity index (χ0) is 15.2. The van der Waals surface area contributed by atoms with Gasteiger partial charge in [-0.2, -0.15) is 0 Å². The normalized spacial score (nSPS) is 23.1. The number of hydrogen-bond acceptors (Lipinski definition) is 3. The van der Waals surface area contributed by atoms with Gasteiger partial charge in [0.2, 0.25) is 0 Å². The van der Waals surface area contributed by atoms with Gasteiger partial charge in [0.05, 0.1) is 11.5 Å². The molecule has 2 amide bonds. The van der Waals surface area contributed by atoms with Crippen LogP contribution in [0.5, 0.6) is 0 Å². The quantitative estimate of drug-likeness (QED) is 0.694. The molecule has 20 heavy (non-hydrogen) atoms. The van der Waals surface area contributed by atoms with Crippen molar-refractivity contribution in [1.82, 2.24) is 10.6 Å². The number of hydrogen-bond donors (Lipinski definition) is 3. The summed E-state index contributed by atoms with van der Waals surface area (Å²) in [6.07, 6.45) is 3.22. The highest BCUT2D eigenvalue weighted by atomic mass is 16.5. The number of carboxylic acids is 1. The van der Waals surface area contributed by atoms with Crippen molar-refractivity contribution in [1.29, 1.82) is 0 Å². The number of rotatable bonds is 6. The molecule has 0 aromatic carbocycles. The van der Waals surface area contributed by atoms with Crippen molar-refractivity contribution in [3.05, 3.63) is 0 Å². The van der Waals surface area contributed by atoms with Crippen molar-refractivity contribution in [3.8, 4) is 0 Å². The fraction of sp³-hybridized carbons (Fsp3) is 0.857. The monoisotopic (exact) mass is 286 g/mol. The second kappa shape index (κ2) is 7.47. The van der Waals surface area contributed by atoms with E-state index in [1.807, 2.05) is 20.8 Å². The van der Waals surface area contributed by atoms with E-state index in [0.29, 0.717) is 19.6 Å². The van der Waals surface area contributed by atoms with Gasteiger partial charge in [-0.25, -0.2) is 4.79 Å². The van der Waals surface area contributed by atoms with Crippen LogP contribution in [-0.2, 0) is 9.53 Å². The lowest BCUT2D eigenvalue weighted by molar-refractivity contribution is -0.143. The standard InChI is InChI=1S/C14H26N2O4/c1-4-20-14(2,3)9-15-13(19)16-11-8-6-5-7-10(11)12(17)18/h10-11H,4-9H2,1-3H3,(H,17,18)(H2,15,16,19). The summed E-state index contributed by atoms with van der Waals surface area (Å²) in [6, 6.07) is -0.604. The maximum absolute atomic E-state index is 11.9. The average molecular weight is 286 g/mol. The fourth-order valence-electron chi connectivity index (χ4n) is 2.55. The van der Waals surface area contributed by atoms with Crippen LogP contribution >= 0.6 is 0 Å². The van der Waals surface area contributed by atoms with E-state index in [-0.39, 0.29) is 12.1 Å². The summed E-state index contributed by atoms with van der Waals surface area (Å²) < 4.78 is 5.49. The highest BCUT2D eigenvalue weighted by Crippen LogP contribution is 2.24. The minimum Gasteiger partial charge on any atom is -0.481 e. The Hall–Kier alpha value is -1.30. The Bertz CT molecular complexity index is 344. The van der Waals surface area contributed by atoms with Gasteiger partial charge in [-0.1, -0.05) is 12.8 Å². The molecule has 0 bridgehead atoms. The fourth-order valence-corrected chi connectivity index (χ4v) is 2.55. The largest absolute Gasteiger partial charge is 0.481 e. The van der Waals surface area contributed by atoms with Crippen molar-refractivity contribution < 1.29 is 19.4 Å². The molecule has 1 rings (SSSR count). The average Bonchev–Trinajstić information content (AvgIpc) is 2.37. The van der Waals surface area contributed by atoms with Gasteiger partial charge in [0.15, 0.2) is 0 Å². The molecule has 0 aromatic rings. The highest BCUT2D eigenvalue weighted by Gasteiger charge is 2.32. The Kier molecular flexibility index (Phi) is 6.26. The smallest absolute Gasteiger partial charge is 0.315 e. The van der Waals surface area contributed by atoms with Crippen LogP contribution in [0.25, 0.3) is 0 Å². The third kappa shape index (κ3) is 5.36. The number of amides is 2. The predicted molar refractivity (Wildman–Crippen MR) is 75.6 cm³/mol. The summed E-state index contributed by atoms with van der Waals surface area (Å²) in [7, 11) is 0. The molecule has 1 aliphatic rings. The summed E-state index contributed by atoms with van der Waals surface area (Å²) in [5.74, 6) is -1.31. The molecule has 116 valence electrons. The van der Waals surface area contributed by atoms with Crippen LogP contribution in [0.1, 0.15) is 46.5 Å². The van der Waals surface area contributed by atoms with E-state index in [4.69, 9.17) is 9.84 Å². The maximum atomic E-state index is 11.9. The molecular weight excluding hydrogens is 260 g/mol. The maximum Gasteiger partial charge on any atom is 0.315 e. The van der Waals surface area contributed by atoms with Crippen LogP contribution in [0, 0.1) is 5.92 Å². The number of ether oxygens (including phenoxy) is 1. The molecule has 0 heterocycles. The first-order valence-corrected chi connectivity index (χ1v) is 7.27. The molecular formula is C14H26N2O4. The Morgan fingerprint density at radius 3 is 2.55 bits per heavy atom. The predicted octanol–water partition coefficient (Wildman–Crippen LogP) is 1.74. The number of urea groups is 1. The molecule has 0 spiro atoms. The summed E-state index contributed by atoms with van der Waals surface area (Å²) in [5.41, 5.74) is -0.426. The van der Waals surface area contributed by atoms with Crippen molar-refractivity contribution in [2.75, 3.05) is 13.2 Å². The van der Waals surface area contributed by atoms with E-state index in [0.717, 1.165) is 19.3 Å². The van der Waals surface area contributed by atoms with Crippen LogP contribution in [-0.4, -0.2) is 41.9 Å². The van der Waals surface area contributed by atoms with E-state index < -0.39 is 17.5 Å². The molecule has 3 N–H and O–H groups in total. The molecule has 1 aliphatic carbocycles. The molecule has 6 nitrogen and oxygen atoms in total. The molecule has 0 radical (unpaired) electrons. The van der Waals surface area contributed by atoms with Crippen LogP contribution < -0.4 is 10.6 Å². The summed E-state index contributed by atoms with van der Waals surface area (Å²) >= 11 is 0. The van der Waals surface area contributed by atoms with Gasteiger partial charge in [-0.05, 0) is 33.6 Å². The number of aliphatic carboxylic acids is 1. The van der Waals surface area contributed by atoms with E-state index in [9.17, 15) is 9.59 Å². The number of nitrogens with one attached hydrogen (secondary N) is 2. The van der Waals surface area contributed by atoms with Crippen LogP contribution in [0.15, 0.2) is 0 Å². The minimum absolute atomic E-state index is 0.281. The summed E-state index contributed by atoms with van der Waals surface area (Å²) in [4.78, 5) is 23.0. The van der Waals surface area contributed by atoms with Gasteiger partial charge in [0.1, 0.15) is 0 Å². The second-order valence-electron chi connectivity index (χ2n) is 5.86. The topological polar surface area (TPSA) is 87.7 Å². The lowest BCUT2D eigenvalue weighted by atomic mass is 9.84. The summed E-state index contributed by atoms with van der Waals surface area (Å²) in [5, 5.41) is 14.7. The first-order valence-electron chi connectivity index (χ1n) is 7.27. The van der Waals surface area contributed by atoms with Crippen molar-refractivity contribution in [2.45, 2.75) is 58.1 Å². The van der Waals surface area contributed by atoms with Crippen LogP contribution in [0.2, 0.25) is 0 Å². The van der Waals surface area contributed by atoms with Gasteiger partial charge < -0.3 is 20.5 Å². The molecule has 6 heteroatoms. The molecule has 0 aliphatic heterocycles. The van der Waals surface area contributed by atoms with Gasteiger partial charge in [0.25, 0.3) is 0 Å². The molecule has 0 aromatic heterocycles. The lowest BCUT2D eigenvalue weighted by Crippen LogP contribution is -2.51. The number of carboxylic acid groups (broad SMARTS) is 1. The first kappa shape index (κ1) is 16.8. The van der Waals surface area contributed by atoms with E-state index in [1.54, 1.807) is 0 Å². The molecule has 1 fully saturated rings. The highest BCUT2D eigenvalue weighted by molar-refractivity contribution is 5.76. The van der Waals surface area contributed by atoms with E-state index in [1.165, 1.54) is 0 Å². The third-order valence-corrected chi connectivity index (χ3v) is 3.61. The van der Waals surface area contributed by atoms with Gasteiger partial charge in [-0.15, -0.1) is 0 Å². The first-order chi connectivity index (χ1) is 9.35. The van der Waals surface area contributed by atoms with E-state index >= 15 is 0 Å². The van der Waals surface area contributed by atoms with Crippen molar-refractivity contribution in [2.24, 2.45) is 5.92 Å². The lowest BCUT2D eigenvalue weighted by Gasteiger charge is -2.30. The van der Waals surface area contributed by atoms with Gasteiger partial charge in [-0.3, -0.25) is 4.79 Å². The Labute approximate surface area is 120 Å². The van der Waals surface area contributed by atoms with Gasteiger partial charge in [0, 0.05) is 19.2 Å². The van der Waals surface area contributed by atoms with E-state index in [2.05, 4.69) is 10.6 Å². The van der Waals surface area contributed by atoms with Crippen LogP contribution in [0.4, 0.5) is 4.79 Å². The summed E-state index contributed by atoms with van der Waals surface area (Å²) in [6.45, 7) is 6.67. The SMILES string of the molecule is CCOC(C)(C)CNC(=O)NC1CCCCC1C(=O)O. The number of carbonyl (C=O) groups excluding carboxylic acids is 1.